The predicted octanol–water partition coefficient (Wildman–Crippen LogP) is 3.63. The van der Waals surface area contributed by atoms with Crippen LogP contribution in [0.25, 0.3) is 0 Å². The highest BCUT2D eigenvalue weighted by Crippen LogP contribution is 2.36. The van der Waals surface area contributed by atoms with Crippen molar-refractivity contribution in [2.24, 2.45) is 0 Å². The third-order valence-electron chi connectivity index (χ3n) is 5.34. The molecule has 2 heterocycles. The summed E-state index contributed by atoms with van der Waals surface area (Å²) in [5.74, 6) is -0.0572. The second kappa shape index (κ2) is 7.64. The third-order valence-corrected chi connectivity index (χ3v) is 5.34. The van der Waals surface area contributed by atoms with Crippen LogP contribution in [-0.2, 0) is 16.0 Å². The lowest BCUT2D eigenvalue weighted by atomic mass is 10.0. The number of likely N-dealkylation sites (tertiary alicyclic amines) is 1. The molecule has 4 rings (SSSR count). The Kier molecular flexibility index (Phi) is 5.07. The Hall–Kier alpha value is -2.47. The fraction of sp³-hybridized carbons (Fsp3) is 0.381. The molecule has 1 fully saturated rings. The maximum absolute atomic E-state index is 13.4. The first-order valence-corrected chi connectivity index (χ1v) is 9.25. The van der Waals surface area contributed by atoms with E-state index >= 15 is 0 Å². The van der Waals surface area contributed by atoms with Crippen molar-refractivity contribution in [1.29, 1.82) is 0 Å². The Morgan fingerprint density at radius 1 is 1.04 bits per heavy atom. The molecule has 0 saturated carbocycles. The van der Waals surface area contributed by atoms with Gasteiger partial charge in [-0.3, -0.25) is 4.79 Å². The largest absolute Gasteiger partial charge is 0.355 e. The van der Waals surface area contributed by atoms with Gasteiger partial charge in [-0.25, -0.2) is 0 Å². The van der Waals surface area contributed by atoms with Gasteiger partial charge in [-0.15, -0.1) is 0 Å². The van der Waals surface area contributed by atoms with Gasteiger partial charge in [0.05, 0.1) is 6.10 Å². The second-order valence-corrected chi connectivity index (χ2v) is 6.98. The number of para-hydroxylation sites is 1. The highest BCUT2D eigenvalue weighted by Gasteiger charge is 2.38. The molecule has 0 aliphatic carbocycles. The number of rotatable bonds is 5. The topological polar surface area (TPSA) is 32.8 Å². The number of alkyl halides is 2. The standard InChI is InChI=1S/C21H22F2N2O2/c22-21(23)27-17-11-12-24(14-17)20(26)19(16-7-2-1-3-8-16)25-13-10-15-6-4-5-9-18(15)25/h1-9,17,19,21H,10-14H2/t17-,19?/m1/s1. The van der Waals surface area contributed by atoms with E-state index in [4.69, 9.17) is 0 Å². The van der Waals surface area contributed by atoms with E-state index in [-0.39, 0.29) is 12.5 Å². The van der Waals surface area contributed by atoms with E-state index in [1.54, 1.807) is 4.90 Å². The quantitative estimate of drug-likeness (QED) is 0.804. The van der Waals surface area contributed by atoms with E-state index in [0.717, 1.165) is 24.2 Å². The first-order valence-electron chi connectivity index (χ1n) is 9.25. The van der Waals surface area contributed by atoms with E-state index < -0.39 is 18.8 Å². The van der Waals surface area contributed by atoms with Crippen molar-refractivity contribution >= 4 is 11.6 Å². The van der Waals surface area contributed by atoms with Crippen LogP contribution in [0.5, 0.6) is 0 Å². The molecule has 4 nitrogen and oxygen atoms in total. The maximum atomic E-state index is 13.4. The number of ether oxygens (including phenoxy) is 1. The monoisotopic (exact) mass is 372 g/mol. The molecular weight excluding hydrogens is 350 g/mol. The lowest BCUT2D eigenvalue weighted by molar-refractivity contribution is -0.160. The number of carbonyl (C=O) groups is 1. The minimum absolute atomic E-state index is 0.0572. The summed E-state index contributed by atoms with van der Waals surface area (Å²) < 4.78 is 29.6. The molecule has 0 aromatic heterocycles. The van der Waals surface area contributed by atoms with Gasteiger partial charge >= 0.3 is 6.61 Å². The van der Waals surface area contributed by atoms with Crippen molar-refractivity contribution in [3.05, 3.63) is 65.7 Å². The van der Waals surface area contributed by atoms with Crippen LogP contribution < -0.4 is 4.90 Å². The van der Waals surface area contributed by atoms with Crippen molar-refractivity contribution in [3.63, 3.8) is 0 Å². The molecule has 2 atom stereocenters. The van der Waals surface area contributed by atoms with Gasteiger partial charge in [0.15, 0.2) is 0 Å². The molecule has 0 N–H and O–H groups in total. The first-order chi connectivity index (χ1) is 13.1. The van der Waals surface area contributed by atoms with Crippen LogP contribution in [0.1, 0.15) is 23.6 Å². The average Bonchev–Trinajstić information content (AvgIpc) is 3.30. The van der Waals surface area contributed by atoms with Crippen LogP contribution in [0.15, 0.2) is 54.6 Å². The summed E-state index contributed by atoms with van der Waals surface area (Å²) in [5, 5.41) is 0. The van der Waals surface area contributed by atoms with Crippen molar-refractivity contribution in [2.75, 3.05) is 24.5 Å². The molecule has 0 radical (unpaired) electrons. The minimum Gasteiger partial charge on any atom is -0.355 e. The molecule has 0 bridgehead atoms. The van der Waals surface area contributed by atoms with Gasteiger partial charge in [0.25, 0.3) is 0 Å². The smallest absolute Gasteiger partial charge is 0.345 e. The summed E-state index contributed by atoms with van der Waals surface area (Å²) in [4.78, 5) is 17.2. The Bertz CT molecular complexity index is 800. The summed E-state index contributed by atoms with van der Waals surface area (Å²) in [6.07, 6.45) is 0.731. The van der Waals surface area contributed by atoms with Crippen LogP contribution in [0.4, 0.5) is 14.5 Å². The van der Waals surface area contributed by atoms with E-state index in [1.165, 1.54) is 5.56 Å². The summed E-state index contributed by atoms with van der Waals surface area (Å²) >= 11 is 0. The van der Waals surface area contributed by atoms with Gasteiger partial charge in [-0.1, -0.05) is 48.5 Å². The van der Waals surface area contributed by atoms with Gasteiger partial charge in [0, 0.05) is 25.3 Å². The SMILES string of the molecule is O=C(C(c1ccccc1)N1CCc2ccccc21)N1CC[C@@H](OC(F)F)C1. The zero-order chi connectivity index (χ0) is 18.8. The van der Waals surface area contributed by atoms with Gasteiger partial charge in [0.1, 0.15) is 6.04 Å². The number of amides is 1. The average molecular weight is 372 g/mol. The second-order valence-electron chi connectivity index (χ2n) is 6.98. The summed E-state index contributed by atoms with van der Waals surface area (Å²) in [6, 6.07) is 17.3. The molecule has 6 heteroatoms. The van der Waals surface area contributed by atoms with E-state index in [1.807, 2.05) is 48.5 Å². The van der Waals surface area contributed by atoms with Crippen LogP contribution in [-0.4, -0.2) is 43.2 Å². The Morgan fingerprint density at radius 2 is 1.78 bits per heavy atom. The highest BCUT2D eigenvalue weighted by molar-refractivity contribution is 5.88. The van der Waals surface area contributed by atoms with Gasteiger partial charge < -0.3 is 14.5 Å². The highest BCUT2D eigenvalue weighted by atomic mass is 19.3. The maximum Gasteiger partial charge on any atom is 0.345 e. The Balaban J connectivity index is 1.61. The molecule has 2 aromatic carbocycles. The molecule has 2 aliphatic heterocycles. The summed E-state index contributed by atoms with van der Waals surface area (Å²) in [5.41, 5.74) is 3.21. The van der Waals surface area contributed by atoms with Crippen LogP contribution in [0.2, 0.25) is 0 Å². The molecule has 1 saturated heterocycles. The van der Waals surface area contributed by atoms with Crippen molar-refractivity contribution < 1.29 is 18.3 Å². The zero-order valence-electron chi connectivity index (χ0n) is 14.9. The van der Waals surface area contributed by atoms with E-state index in [2.05, 4.69) is 15.7 Å². The molecule has 2 aromatic rings. The van der Waals surface area contributed by atoms with Crippen molar-refractivity contribution in [2.45, 2.75) is 31.6 Å². The van der Waals surface area contributed by atoms with Gasteiger partial charge in [-0.05, 0) is 30.0 Å². The lowest BCUT2D eigenvalue weighted by Crippen LogP contribution is -2.42. The Labute approximate surface area is 157 Å². The number of halogens is 2. The first kappa shape index (κ1) is 17.9. The van der Waals surface area contributed by atoms with Gasteiger partial charge in [0.2, 0.25) is 5.91 Å². The van der Waals surface area contributed by atoms with Crippen LogP contribution in [0, 0.1) is 0 Å². The van der Waals surface area contributed by atoms with Gasteiger partial charge in [-0.2, -0.15) is 8.78 Å². The van der Waals surface area contributed by atoms with Crippen LogP contribution >= 0.6 is 0 Å². The molecule has 27 heavy (non-hydrogen) atoms. The summed E-state index contributed by atoms with van der Waals surface area (Å²) in [6.45, 7) is -1.40. The van der Waals surface area contributed by atoms with Crippen molar-refractivity contribution in [1.82, 2.24) is 4.90 Å². The number of carbonyl (C=O) groups excluding carboxylic acids is 1. The van der Waals surface area contributed by atoms with Crippen LogP contribution in [0.3, 0.4) is 0 Å². The zero-order valence-corrected chi connectivity index (χ0v) is 14.9. The molecule has 1 unspecified atom stereocenters. The fourth-order valence-corrected chi connectivity index (χ4v) is 4.08. The number of fused-ring (bicyclic) bond motifs is 1. The summed E-state index contributed by atoms with van der Waals surface area (Å²) in [7, 11) is 0. The van der Waals surface area contributed by atoms with E-state index in [0.29, 0.717) is 13.0 Å². The molecule has 1 amide bonds. The molecule has 0 spiro atoms. The molecule has 2 aliphatic rings. The predicted molar refractivity (Wildman–Crippen MR) is 98.7 cm³/mol. The fourth-order valence-electron chi connectivity index (χ4n) is 4.08. The normalized spacial score (nSPS) is 20.2. The number of hydrogen-bond donors (Lipinski definition) is 0. The number of benzene rings is 2. The molecule has 142 valence electrons. The van der Waals surface area contributed by atoms with Crippen molar-refractivity contribution in [3.8, 4) is 0 Å². The Morgan fingerprint density at radius 3 is 2.56 bits per heavy atom. The number of hydrogen-bond acceptors (Lipinski definition) is 3. The lowest BCUT2D eigenvalue weighted by Gasteiger charge is -2.33. The number of anilines is 1. The minimum atomic E-state index is -2.81. The van der Waals surface area contributed by atoms with E-state index in [9.17, 15) is 13.6 Å². The molecular formula is C21H22F2N2O2. The number of nitrogens with zero attached hydrogens (tertiary/aromatic N) is 2. The third kappa shape index (κ3) is 3.67.